The molecule has 3 atom stereocenters. The highest BCUT2D eigenvalue weighted by Crippen LogP contribution is 2.55. The molecule has 0 aromatic heterocycles. The van der Waals surface area contributed by atoms with E-state index in [1.54, 1.807) is 28.4 Å². The Hall–Kier alpha value is -4.00. The standard InChI is InChI=1S/C46H58N2O4/c1-49-42-16-15-37(29-43(42)50-2)46-40-31-45(52-4)44(51-3)30-39(40)38(21-26-47-22-17-35(18-23-47)27-33-11-7-5-8-12-33)41(46)32-48-24-19-36(20-25-48)28-34-13-9-6-10-14-34/h5-16,29-31,35-36,38,41,46H,17-28,32H2,1-4H3. The molecule has 2 heterocycles. The molecule has 0 radical (unpaired) electrons. The summed E-state index contributed by atoms with van der Waals surface area (Å²) in [5.74, 6) is 5.70. The van der Waals surface area contributed by atoms with Gasteiger partial charge < -0.3 is 28.7 Å². The number of nitrogens with zero attached hydrogens (tertiary/aromatic N) is 2. The summed E-state index contributed by atoms with van der Waals surface area (Å²) in [6.07, 6.45) is 8.56. The maximum absolute atomic E-state index is 5.94. The van der Waals surface area contributed by atoms with Gasteiger partial charge in [-0.2, -0.15) is 0 Å². The lowest BCUT2D eigenvalue weighted by molar-refractivity contribution is 0.139. The van der Waals surface area contributed by atoms with E-state index in [9.17, 15) is 0 Å². The SMILES string of the molecule is COc1ccc(C2c3cc(OC)c(OC)cc3C(CCN3CCC(Cc4ccccc4)CC3)C2CN2CCC(Cc3ccccc3)CC2)cc1OC. The van der Waals surface area contributed by atoms with Crippen molar-refractivity contribution in [2.45, 2.75) is 56.8 Å². The van der Waals surface area contributed by atoms with Crippen LogP contribution in [-0.4, -0.2) is 77.5 Å². The monoisotopic (exact) mass is 702 g/mol. The zero-order valence-corrected chi connectivity index (χ0v) is 31.8. The van der Waals surface area contributed by atoms with E-state index in [2.05, 4.69) is 101 Å². The third kappa shape index (κ3) is 8.29. The summed E-state index contributed by atoms with van der Waals surface area (Å²) < 4.78 is 23.4. The summed E-state index contributed by atoms with van der Waals surface area (Å²) in [5.41, 5.74) is 6.99. The van der Waals surface area contributed by atoms with Crippen LogP contribution < -0.4 is 18.9 Å². The molecule has 2 fully saturated rings. The Bertz CT molecular complexity index is 1710. The summed E-state index contributed by atoms with van der Waals surface area (Å²) in [6.45, 7) is 6.85. The number of hydrogen-bond acceptors (Lipinski definition) is 6. The Morgan fingerprint density at radius 2 is 1.04 bits per heavy atom. The number of ether oxygens (including phenoxy) is 4. The van der Waals surface area contributed by atoms with E-state index in [1.165, 1.54) is 79.4 Å². The largest absolute Gasteiger partial charge is 0.493 e. The third-order valence-electron chi connectivity index (χ3n) is 12.4. The van der Waals surface area contributed by atoms with Crippen LogP contribution >= 0.6 is 0 Å². The zero-order valence-electron chi connectivity index (χ0n) is 31.8. The second-order valence-corrected chi connectivity index (χ2v) is 15.4. The first kappa shape index (κ1) is 36.4. The number of piperidine rings is 2. The summed E-state index contributed by atoms with van der Waals surface area (Å²) in [7, 11) is 6.96. The summed E-state index contributed by atoms with van der Waals surface area (Å²) in [5, 5.41) is 0. The Morgan fingerprint density at radius 3 is 1.58 bits per heavy atom. The summed E-state index contributed by atoms with van der Waals surface area (Å²) in [4.78, 5) is 5.50. The van der Waals surface area contributed by atoms with E-state index < -0.39 is 0 Å². The van der Waals surface area contributed by atoms with E-state index in [1.807, 2.05) is 0 Å². The highest BCUT2D eigenvalue weighted by atomic mass is 16.5. The third-order valence-corrected chi connectivity index (χ3v) is 12.4. The molecule has 276 valence electrons. The van der Waals surface area contributed by atoms with Crippen molar-refractivity contribution in [3.8, 4) is 23.0 Å². The van der Waals surface area contributed by atoms with Gasteiger partial charge >= 0.3 is 0 Å². The van der Waals surface area contributed by atoms with Crippen molar-refractivity contribution in [2.75, 3.05) is 67.7 Å². The van der Waals surface area contributed by atoms with Crippen molar-refractivity contribution >= 4 is 0 Å². The van der Waals surface area contributed by atoms with Crippen LogP contribution in [0.4, 0.5) is 0 Å². The second-order valence-electron chi connectivity index (χ2n) is 15.4. The normalized spacial score (nSPS) is 21.5. The maximum atomic E-state index is 5.94. The average Bonchev–Trinajstić information content (AvgIpc) is 3.49. The van der Waals surface area contributed by atoms with Gasteiger partial charge in [-0.15, -0.1) is 0 Å². The molecule has 0 N–H and O–H groups in total. The molecule has 52 heavy (non-hydrogen) atoms. The predicted molar refractivity (Wildman–Crippen MR) is 210 cm³/mol. The fraction of sp³-hybridized carbons (Fsp3) is 0.478. The lowest BCUT2D eigenvalue weighted by atomic mass is 9.80. The van der Waals surface area contributed by atoms with Crippen LogP contribution in [0.5, 0.6) is 23.0 Å². The van der Waals surface area contributed by atoms with Gasteiger partial charge in [0.2, 0.25) is 0 Å². The Kier molecular flexibility index (Phi) is 12.0. The maximum Gasteiger partial charge on any atom is 0.161 e. The number of methoxy groups -OCH3 is 4. The van der Waals surface area contributed by atoms with E-state index in [4.69, 9.17) is 18.9 Å². The van der Waals surface area contributed by atoms with Gasteiger partial charge in [0.25, 0.3) is 0 Å². The molecule has 4 aromatic rings. The van der Waals surface area contributed by atoms with Gasteiger partial charge in [0.15, 0.2) is 23.0 Å². The minimum Gasteiger partial charge on any atom is -0.493 e. The van der Waals surface area contributed by atoms with Gasteiger partial charge in [-0.1, -0.05) is 66.7 Å². The molecule has 2 saturated heterocycles. The number of fused-ring (bicyclic) bond motifs is 1. The van der Waals surface area contributed by atoms with Crippen molar-refractivity contribution in [3.63, 3.8) is 0 Å². The summed E-state index contributed by atoms with van der Waals surface area (Å²) in [6, 6.07) is 33.2. The smallest absolute Gasteiger partial charge is 0.161 e. The van der Waals surface area contributed by atoms with E-state index in [0.29, 0.717) is 11.8 Å². The van der Waals surface area contributed by atoms with Crippen molar-refractivity contribution in [3.05, 3.63) is 119 Å². The zero-order chi connectivity index (χ0) is 35.9. The molecule has 1 aliphatic carbocycles. The van der Waals surface area contributed by atoms with Crippen molar-refractivity contribution in [2.24, 2.45) is 17.8 Å². The van der Waals surface area contributed by atoms with E-state index in [-0.39, 0.29) is 5.92 Å². The average molecular weight is 703 g/mol. The van der Waals surface area contributed by atoms with Crippen LogP contribution in [0.25, 0.3) is 0 Å². The number of likely N-dealkylation sites (tertiary alicyclic amines) is 2. The fourth-order valence-electron chi connectivity index (χ4n) is 9.57. The molecule has 7 rings (SSSR count). The summed E-state index contributed by atoms with van der Waals surface area (Å²) >= 11 is 0. The van der Waals surface area contributed by atoms with Gasteiger partial charge in [0, 0.05) is 12.5 Å². The first-order valence-electron chi connectivity index (χ1n) is 19.6. The molecule has 4 aromatic carbocycles. The minimum atomic E-state index is 0.207. The van der Waals surface area contributed by atoms with E-state index in [0.717, 1.165) is 67.4 Å². The van der Waals surface area contributed by atoms with Crippen molar-refractivity contribution < 1.29 is 18.9 Å². The Morgan fingerprint density at radius 1 is 0.538 bits per heavy atom. The molecule has 0 spiro atoms. The minimum absolute atomic E-state index is 0.207. The molecule has 0 amide bonds. The molecule has 2 aliphatic heterocycles. The lowest BCUT2D eigenvalue weighted by Gasteiger charge is -2.38. The first-order chi connectivity index (χ1) is 25.6. The highest BCUT2D eigenvalue weighted by Gasteiger charge is 2.44. The predicted octanol–water partition coefficient (Wildman–Crippen LogP) is 8.87. The second kappa shape index (κ2) is 17.2. The van der Waals surface area contributed by atoms with Crippen LogP contribution in [0.15, 0.2) is 91.0 Å². The molecule has 0 bridgehead atoms. The van der Waals surface area contributed by atoms with Gasteiger partial charge in [0.1, 0.15) is 0 Å². The lowest BCUT2D eigenvalue weighted by Crippen LogP contribution is -2.40. The first-order valence-corrected chi connectivity index (χ1v) is 19.6. The molecule has 3 unspecified atom stereocenters. The van der Waals surface area contributed by atoms with Gasteiger partial charge in [-0.25, -0.2) is 0 Å². The van der Waals surface area contributed by atoms with Gasteiger partial charge in [-0.3, -0.25) is 0 Å². The number of benzene rings is 4. The molecule has 6 heteroatoms. The van der Waals surface area contributed by atoms with Crippen LogP contribution in [0.3, 0.4) is 0 Å². The Balaban J connectivity index is 1.14. The van der Waals surface area contributed by atoms with Crippen molar-refractivity contribution in [1.82, 2.24) is 9.80 Å². The highest BCUT2D eigenvalue weighted by molar-refractivity contribution is 5.57. The number of rotatable bonds is 14. The van der Waals surface area contributed by atoms with E-state index >= 15 is 0 Å². The topological polar surface area (TPSA) is 43.4 Å². The Labute approximate surface area is 312 Å². The van der Waals surface area contributed by atoms with Gasteiger partial charge in [-0.05, 0) is 153 Å². The van der Waals surface area contributed by atoms with Crippen LogP contribution in [0.1, 0.15) is 71.8 Å². The quantitative estimate of drug-likeness (QED) is 0.131. The van der Waals surface area contributed by atoms with Gasteiger partial charge in [0.05, 0.1) is 28.4 Å². The number of hydrogen-bond donors (Lipinski definition) is 0. The molecule has 0 saturated carbocycles. The van der Waals surface area contributed by atoms with Crippen LogP contribution in [0.2, 0.25) is 0 Å². The molecule has 6 nitrogen and oxygen atoms in total. The van der Waals surface area contributed by atoms with Crippen LogP contribution in [0, 0.1) is 17.8 Å². The molecular weight excluding hydrogens is 645 g/mol. The van der Waals surface area contributed by atoms with Crippen LogP contribution in [-0.2, 0) is 12.8 Å². The molecule has 3 aliphatic rings. The van der Waals surface area contributed by atoms with Crippen molar-refractivity contribution in [1.29, 1.82) is 0 Å². The molecular formula is C46H58N2O4. The fourth-order valence-corrected chi connectivity index (χ4v) is 9.57.